The molecule has 0 heterocycles. The van der Waals surface area contributed by atoms with Crippen molar-refractivity contribution in [3.8, 4) is 5.75 Å². The molecule has 2 nitrogen and oxygen atoms in total. The average Bonchev–Trinajstić information content (AvgIpc) is 2.88. The molecular formula is C15H22ClNO. The Balaban J connectivity index is 0.00000162. The fourth-order valence-corrected chi connectivity index (χ4v) is 2.25. The molecular weight excluding hydrogens is 246 g/mol. The molecule has 0 atom stereocenters. The zero-order valence-electron chi connectivity index (χ0n) is 10.7. The molecule has 0 spiro atoms. The lowest BCUT2D eigenvalue weighted by Crippen LogP contribution is -2.25. The van der Waals surface area contributed by atoms with Crippen LogP contribution in [0, 0.1) is 0 Å². The maximum Gasteiger partial charge on any atom is 0.119 e. The van der Waals surface area contributed by atoms with Crippen LogP contribution >= 0.6 is 12.4 Å². The highest BCUT2D eigenvalue weighted by molar-refractivity contribution is 5.85. The Morgan fingerprint density at radius 3 is 2.50 bits per heavy atom. The van der Waals surface area contributed by atoms with E-state index in [0.717, 1.165) is 18.3 Å². The van der Waals surface area contributed by atoms with Crippen LogP contribution in [0.2, 0.25) is 0 Å². The minimum Gasteiger partial charge on any atom is -0.490 e. The molecule has 1 aromatic rings. The zero-order valence-corrected chi connectivity index (χ0v) is 11.5. The lowest BCUT2D eigenvalue weighted by Gasteiger charge is -2.12. The molecule has 100 valence electrons. The lowest BCUT2D eigenvalue weighted by molar-refractivity contribution is 0.363. The van der Waals surface area contributed by atoms with Crippen LogP contribution in [0.5, 0.6) is 5.75 Å². The number of halogens is 1. The molecule has 0 radical (unpaired) electrons. The summed E-state index contributed by atoms with van der Waals surface area (Å²) in [5.41, 5.74) is 1.32. The summed E-state index contributed by atoms with van der Waals surface area (Å²) >= 11 is 0. The van der Waals surface area contributed by atoms with Gasteiger partial charge >= 0.3 is 0 Å². The Morgan fingerprint density at radius 1 is 1.22 bits per heavy atom. The van der Waals surface area contributed by atoms with Gasteiger partial charge in [-0.3, -0.25) is 0 Å². The van der Waals surface area contributed by atoms with Crippen LogP contribution in [0.3, 0.4) is 0 Å². The van der Waals surface area contributed by atoms with Gasteiger partial charge in [0.25, 0.3) is 0 Å². The first-order valence-corrected chi connectivity index (χ1v) is 6.44. The Bertz CT molecular complexity index is 344. The molecule has 18 heavy (non-hydrogen) atoms. The van der Waals surface area contributed by atoms with E-state index in [2.05, 4.69) is 24.0 Å². The molecule has 2 rings (SSSR count). The second kappa shape index (κ2) is 8.17. The van der Waals surface area contributed by atoms with E-state index in [-0.39, 0.29) is 12.4 Å². The summed E-state index contributed by atoms with van der Waals surface area (Å²) in [4.78, 5) is 0. The van der Waals surface area contributed by atoms with Crippen molar-refractivity contribution in [1.82, 2.24) is 5.32 Å². The summed E-state index contributed by atoms with van der Waals surface area (Å²) < 4.78 is 5.45. The van der Waals surface area contributed by atoms with Gasteiger partial charge in [0.05, 0.1) is 0 Å². The quantitative estimate of drug-likeness (QED) is 0.794. The van der Waals surface area contributed by atoms with E-state index < -0.39 is 0 Å². The third-order valence-electron chi connectivity index (χ3n) is 3.24. The minimum atomic E-state index is 0. The van der Waals surface area contributed by atoms with E-state index in [1.807, 2.05) is 12.1 Å². The van der Waals surface area contributed by atoms with E-state index in [4.69, 9.17) is 4.74 Å². The van der Waals surface area contributed by atoms with Gasteiger partial charge in [0.2, 0.25) is 0 Å². The van der Waals surface area contributed by atoms with E-state index in [1.165, 1.54) is 31.2 Å². The van der Waals surface area contributed by atoms with Gasteiger partial charge in [-0.15, -0.1) is 12.4 Å². The second-order valence-corrected chi connectivity index (χ2v) is 4.61. The van der Waals surface area contributed by atoms with Gasteiger partial charge in [0, 0.05) is 12.6 Å². The van der Waals surface area contributed by atoms with Crippen molar-refractivity contribution in [3.05, 3.63) is 42.5 Å². The van der Waals surface area contributed by atoms with Gasteiger partial charge in [0.15, 0.2) is 0 Å². The van der Waals surface area contributed by atoms with Crippen molar-refractivity contribution in [2.24, 2.45) is 0 Å². The molecule has 0 aliphatic heterocycles. The van der Waals surface area contributed by atoms with Crippen LogP contribution in [0.1, 0.15) is 31.2 Å². The van der Waals surface area contributed by atoms with Gasteiger partial charge in [-0.25, -0.2) is 0 Å². The van der Waals surface area contributed by atoms with E-state index in [9.17, 15) is 0 Å². The van der Waals surface area contributed by atoms with Gasteiger partial charge in [-0.1, -0.05) is 37.6 Å². The van der Waals surface area contributed by atoms with Gasteiger partial charge < -0.3 is 10.1 Å². The van der Waals surface area contributed by atoms with Crippen LogP contribution in [-0.2, 0) is 6.54 Å². The standard InChI is InChI=1S/C15H21NO.ClH/c1-2-11-17-15-9-7-13(8-10-15)12-16-14-5-3-4-6-14;/h2,7-10,14,16H,1,3-6,11-12H2;1H. The molecule has 0 amide bonds. The molecule has 0 bridgehead atoms. The van der Waals surface area contributed by atoms with Crippen molar-refractivity contribution in [3.63, 3.8) is 0 Å². The monoisotopic (exact) mass is 267 g/mol. The van der Waals surface area contributed by atoms with Crippen LogP contribution in [-0.4, -0.2) is 12.6 Å². The third-order valence-corrected chi connectivity index (χ3v) is 3.24. The molecule has 0 aromatic heterocycles. The molecule has 1 aliphatic carbocycles. The minimum absolute atomic E-state index is 0. The fraction of sp³-hybridized carbons (Fsp3) is 0.467. The summed E-state index contributed by atoms with van der Waals surface area (Å²) in [5.74, 6) is 0.912. The number of rotatable bonds is 6. The lowest BCUT2D eigenvalue weighted by atomic mass is 10.2. The number of benzene rings is 1. The summed E-state index contributed by atoms with van der Waals surface area (Å²) in [6.07, 6.45) is 7.19. The van der Waals surface area contributed by atoms with Crippen LogP contribution in [0.15, 0.2) is 36.9 Å². The number of hydrogen-bond donors (Lipinski definition) is 1. The maximum atomic E-state index is 5.45. The van der Waals surface area contributed by atoms with Crippen molar-refractivity contribution in [2.45, 2.75) is 38.3 Å². The highest BCUT2D eigenvalue weighted by Gasteiger charge is 2.13. The Hall–Kier alpha value is -0.990. The van der Waals surface area contributed by atoms with Crippen molar-refractivity contribution >= 4 is 12.4 Å². The predicted molar refractivity (Wildman–Crippen MR) is 78.5 cm³/mol. The first-order chi connectivity index (χ1) is 8.38. The number of hydrogen-bond acceptors (Lipinski definition) is 2. The normalized spacial score (nSPS) is 15.1. The highest BCUT2D eigenvalue weighted by Crippen LogP contribution is 2.18. The molecule has 1 saturated carbocycles. The predicted octanol–water partition coefficient (Wildman–Crippen LogP) is 3.71. The number of ether oxygens (including phenoxy) is 1. The maximum absolute atomic E-state index is 5.45. The highest BCUT2D eigenvalue weighted by atomic mass is 35.5. The first-order valence-electron chi connectivity index (χ1n) is 6.44. The SMILES string of the molecule is C=CCOc1ccc(CNC2CCCC2)cc1.Cl. The van der Waals surface area contributed by atoms with Gasteiger partial charge in [-0.2, -0.15) is 0 Å². The molecule has 3 heteroatoms. The average molecular weight is 268 g/mol. The van der Waals surface area contributed by atoms with Crippen molar-refractivity contribution in [1.29, 1.82) is 0 Å². The van der Waals surface area contributed by atoms with Crippen LogP contribution < -0.4 is 10.1 Å². The van der Waals surface area contributed by atoms with Gasteiger partial charge in [0.1, 0.15) is 12.4 Å². The zero-order chi connectivity index (χ0) is 11.9. The molecule has 0 saturated heterocycles. The third kappa shape index (κ3) is 4.71. The van der Waals surface area contributed by atoms with Crippen LogP contribution in [0.4, 0.5) is 0 Å². The molecule has 1 fully saturated rings. The Kier molecular flexibility index (Phi) is 6.84. The van der Waals surface area contributed by atoms with E-state index in [1.54, 1.807) is 6.08 Å². The molecule has 1 aliphatic rings. The van der Waals surface area contributed by atoms with E-state index >= 15 is 0 Å². The summed E-state index contributed by atoms with van der Waals surface area (Å²) in [6, 6.07) is 9.03. The van der Waals surface area contributed by atoms with Crippen molar-refractivity contribution < 1.29 is 4.74 Å². The second-order valence-electron chi connectivity index (χ2n) is 4.61. The Morgan fingerprint density at radius 2 is 1.89 bits per heavy atom. The summed E-state index contributed by atoms with van der Waals surface area (Å²) in [5, 5.41) is 3.60. The smallest absolute Gasteiger partial charge is 0.119 e. The summed E-state index contributed by atoms with van der Waals surface area (Å²) in [6.45, 7) is 5.17. The van der Waals surface area contributed by atoms with Crippen molar-refractivity contribution in [2.75, 3.05) is 6.61 Å². The fourth-order valence-electron chi connectivity index (χ4n) is 2.25. The topological polar surface area (TPSA) is 21.3 Å². The molecule has 0 unspecified atom stereocenters. The van der Waals surface area contributed by atoms with Crippen LogP contribution in [0.25, 0.3) is 0 Å². The van der Waals surface area contributed by atoms with E-state index in [0.29, 0.717) is 6.61 Å². The largest absolute Gasteiger partial charge is 0.490 e. The Labute approximate surface area is 116 Å². The van der Waals surface area contributed by atoms with Gasteiger partial charge in [-0.05, 0) is 30.5 Å². The summed E-state index contributed by atoms with van der Waals surface area (Å²) in [7, 11) is 0. The first kappa shape index (κ1) is 15.1. The number of nitrogens with one attached hydrogen (secondary N) is 1. The molecule has 1 N–H and O–H groups in total. The molecule has 1 aromatic carbocycles.